The van der Waals surface area contributed by atoms with E-state index in [-0.39, 0.29) is 5.91 Å². The zero-order valence-electron chi connectivity index (χ0n) is 17.1. The Labute approximate surface area is 185 Å². The zero-order chi connectivity index (χ0) is 21.1. The van der Waals surface area contributed by atoms with Gasteiger partial charge in [0.05, 0.1) is 16.3 Å². The number of para-hydroxylation sites is 2. The van der Waals surface area contributed by atoms with Gasteiger partial charge in [-0.25, -0.2) is 4.99 Å². The molecular formula is C25H22N2OS2. The smallest absolute Gasteiger partial charge is 0.268 e. The van der Waals surface area contributed by atoms with Crippen LogP contribution in [0.25, 0.3) is 6.08 Å². The molecule has 0 N–H and O–H groups in total. The van der Waals surface area contributed by atoms with Crippen LogP contribution in [0.5, 0.6) is 0 Å². The number of aryl methyl sites for hydroxylation is 2. The summed E-state index contributed by atoms with van der Waals surface area (Å²) < 4.78 is 0. The molecule has 1 saturated heterocycles. The van der Waals surface area contributed by atoms with Crippen molar-refractivity contribution in [3.05, 3.63) is 94.4 Å². The fourth-order valence-corrected chi connectivity index (χ4v) is 4.68. The standard InChI is InChI=1S/C25H22N2OS2/c1-17-8-7-9-18(2)23(17)26-25-27(20-10-5-4-6-11-20)24(28)22(30-25)16-19-12-14-21(29-3)15-13-19/h4-16H,1-3H3/b22-16+,26-25?. The van der Waals surface area contributed by atoms with Crippen LogP contribution in [-0.4, -0.2) is 17.3 Å². The first-order chi connectivity index (χ1) is 14.6. The Balaban J connectivity index is 1.78. The topological polar surface area (TPSA) is 32.7 Å². The van der Waals surface area contributed by atoms with Gasteiger partial charge in [-0.05, 0) is 78.9 Å². The number of thioether (sulfide) groups is 2. The van der Waals surface area contributed by atoms with E-state index in [4.69, 9.17) is 4.99 Å². The minimum atomic E-state index is -0.0508. The van der Waals surface area contributed by atoms with Crippen molar-refractivity contribution < 1.29 is 4.79 Å². The van der Waals surface area contributed by atoms with Crippen molar-refractivity contribution in [3.8, 4) is 0 Å². The number of amidine groups is 1. The lowest BCUT2D eigenvalue weighted by atomic mass is 10.1. The highest BCUT2D eigenvalue weighted by atomic mass is 32.2. The van der Waals surface area contributed by atoms with E-state index in [0.717, 1.165) is 28.1 Å². The van der Waals surface area contributed by atoms with E-state index in [0.29, 0.717) is 10.1 Å². The van der Waals surface area contributed by atoms with Gasteiger partial charge in [-0.2, -0.15) is 0 Å². The van der Waals surface area contributed by atoms with Crippen molar-refractivity contribution in [2.24, 2.45) is 4.99 Å². The van der Waals surface area contributed by atoms with Crippen molar-refractivity contribution in [2.75, 3.05) is 11.2 Å². The van der Waals surface area contributed by atoms with Crippen LogP contribution >= 0.6 is 23.5 Å². The van der Waals surface area contributed by atoms with Crippen LogP contribution in [0.1, 0.15) is 16.7 Å². The van der Waals surface area contributed by atoms with Gasteiger partial charge in [0.1, 0.15) is 0 Å². The molecule has 1 aliphatic heterocycles. The number of nitrogens with zero attached hydrogens (tertiary/aromatic N) is 2. The van der Waals surface area contributed by atoms with Gasteiger partial charge in [-0.15, -0.1) is 11.8 Å². The van der Waals surface area contributed by atoms with Crippen LogP contribution in [-0.2, 0) is 4.79 Å². The first-order valence-electron chi connectivity index (χ1n) is 9.65. The van der Waals surface area contributed by atoms with Gasteiger partial charge in [0.2, 0.25) is 0 Å². The maximum absolute atomic E-state index is 13.4. The number of hydrogen-bond donors (Lipinski definition) is 0. The van der Waals surface area contributed by atoms with E-state index in [2.05, 4.69) is 18.4 Å². The minimum absolute atomic E-state index is 0.0508. The molecule has 0 radical (unpaired) electrons. The predicted octanol–water partition coefficient (Wildman–Crippen LogP) is 6.83. The number of hydrogen-bond acceptors (Lipinski definition) is 4. The van der Waals surface area contributed by atoms with Crippen molar-refractivity contribution >= 4 is 52.0 Å². The van der Waals surface area contributed by atoms with Gasteiger partial charge in [0, 0.05) is 4.90 Å². The minimum Gasteiger partial charge on any atom is -0.268 e. The van der Waals surface area contributed by atoms with Crippen LogP contribution in [0.15, 0.2) is 87.6 Å². The molecule has 4 rings (SSSR count). The second-order valence-corrected chi connectivity index (χ2v) is 8.88. The van der Waals surface area contributed by atoms with Gasteiger partial charge in [-0.3, -0.25) is 9.69 Å². The average Bonchev–Trinajstić information content (AvgIpc) is 3.07. The summed E-state index contributed by atoms with van der Waals surface area (Å²) in [6, 6.07) is 24.0. The molecule has 150 valence electrons. The van der Waals surface area contributed by atoms with E-state index >= 15 is 0 Å². The first-order valence-corrected chi connectivity index (χ1v) is 11.7. The summed E-state index contributed by atoms with van der Waals surface area (Å²) in [5, 5.41) is 0.676. The predicted molar refractivity (Wildman–Crippen MR) is 131 cm³/mol. The van der Waals surface area contributed by atoms with Gasteiger partial charge in [0.25, 0.3) is 5.91 Å². The summed E-state index contributed by atoms with van der Waals surface area (Å²) in [6.45, 7) is 4.09. The molecule has 1 heterocycles. The Morgan fingerprint density at radius 1 is 0.900 bits per heavy atom. The molecular weight excluding hydrogens is 408 g/mol. The van der Waals surface area contributed by atoms with Crippen molar-refractivity contribution in [3.63, 3.8) is 0 Å². The van der Waals surface area contributed by atoms with Crippen LogP contribution in [0, 0.1) is 13.8 Å². The Kier molecular flexibility index (Phi) is 6.11. The largest absolute Gasteiger partial charge is 0.271 e. The molecule has 1 aliphatic rings. The Morgan fingerprint density at radius 3 is 2.20 bits per heavy atom. The summed E-state index contributed by atoms with van der Waals surface area (Å²) in [7, 11) is 0. The van der Waals surface area contributed by atoms with E-state index in [1.54, 1.807) is 16.7 Å². The summed E-state index contributed by atoms with van der Waals surface area (Å²) in [4.78, 5) is 21.9. The average molecular weight is 431 g/mol. The lowest BCUT2D eigenvalue weighted by Crippen LogP contribution is -2.28. The lowest BCUT2D eigenvalue weighted by Gasteiger charge is -2.16. The highest BCUT2D eigenvalue weighted by molar-refractivity contribution is 8.19. The number of rotatable bonds is 4. The Bertz CT molecular complexity index is 1120. The molecule has 0 saturated carbocycles. The molecule has 5 heteroatoms. The molecule has 0 unspecified atom stereocenters. The molecule has 0 atom stereocenters. The summed E-state index contributed by atoms with van der Waals surface area (Å²) in [6.07, 6.45) is 4.00. The first kappa shape index (κ1) is 20.5. The molecule has 1 amide bonds. The quantitative estimate of drug-likeness (QED) is 0.336. The number of carbonyl (C=O) groups is 1. The molecule has 30 heavy (non-hydrogen) atoms. The van der Waals surface area contributed by atoms with Crippen molar-refractivity contribution in [1.29, 1.82) is 0 Å². The zero-order valence-corrected chi connectivity index (χ0v) is 18.8. The maximum Gasteiger partial charge on any atom is 0.271 e. The second-order valence-electron chi connectivity index (χ2n) is 6.99. The maximum atomic E-state index is 13.4. The van der Waals surface area contributed by atoms with Gasteiger partial charge >= 0.3 is 0 Å². The molecule has 3 aromatic carbocycles. The third-order valence-electron chi connectivity index (χ3n) is 4.88. The highest BCUT2D eigenvalue weighted by Crippen LogP contribution is 2.38. The fourth-order valence-electron chi connectivity index (χ4n) is 3.28. The van der Waals surface area contributed by atoms with E-state index in [1.165, 1.54) is 16.7 Å². The molecule has 0 aliphatic carbocycles. The van der Waals surface area contributed by atoms with Crippen molar-refractivity contribution in [1.82, 2.24) is 0 Å². The normalized spacial score (nSPS) is 16.6. The number of amides is 1. The highest BCUT2D eigenvalue weighted by Gasteiger charge is 2.34. The number of benzene rings is 3. The number of aliphatic imine (C=N–C) groups is 1. The van der Waals surface area contributed by atoms with Crippen LogP contribution in [0.4, 0.5) is 11.4 Å². The molecule has 0 spiro atoms. The monoisotopic (exact) mass is 430 g/mol. The lowest BCUT2D eigenvalue weighted by molar-refractivity contribution is -0.113. The van der Waals surface area contributed by atoms with Crippen LogP contribution < -0.4 is 4.90 Å². The molecule has 1 fully saturated rings. The Hall–Kier alpha value is -2.76. The summed E-state index contributed by atoms with van der Waals surface area (Å²) in [5.74, 6) is -0.0508. The molecule has 3 aromatic rings. The molecule has 0 bridgehead atoms. The van der Waals surface area contributed by atoms with E-state index < -0.39 is 0 Å². The Morgan fingerprint density at radius 2 is 1.57 bits per heavy atom. The second kappa shape index (κ2) is 8.94. The van der Waals surface area contributed by atoms with Gasteiger partial charge in [0.15, 0.2) is 5.17 Å². The van der Waals surface area contributed by atoms with Gasteiger partial charge in [-0.1, -0.05) is 48.5 Å². The van der Waals surface area contributed by atoms with Gasteiger partial charge < -0.3 is 0 Å². The third kappa shape index (κ3) is 4.23. The summed E-state index contributed by atoms with van der Waals surface area (Å²) >= 11 is 3.12. The SMILES string of the molecule is CSc1ccc(/C=C2/SC(=Nc3c(C)cccc3C)N(c3ccccc3)C2=O)cc1. The van der Waals surface area contributed by atoms with Crippen LogP contribution in [0.3, 0.4) is 0 Å². The third-order valence-corrected chi connectivity index (χ3v) is 6.59. The van der Waals surface area contributed by atoms with E-state index in [9.17, 15) is 4.79 Å². The van der Waals surface area contributed by atoms with Crippen molar-refractivity contribution in [2.45, 2.75) is 18.7 Å². The summed E-state index contributed by atoms with van der Waals surface area (Å²) in [5.41, 5.74) is 4.92. The molecule has 3 nitrogen and oxygen atoms in total. The van der Waals surface area contributed by atoms with E-state index in [1.807, 2.05) is 80.6 Å². The molecule has 0 aromatic heterocycles. The number of anilines is 1. The fraction of sp³-hybridized carbons (Fsp3) is 0.120. The number of carbonyl (C=O) groups excluding carboxylic acids is 1. The van der Waals surface area contributed by atoms with Crippen LogP contribution in [0.2, 0.25) is 0 Å².